The number of hydrogen-bond donors (Lipinski definition) is 0. The molecule has 0 spiro atoms. The van der Waals surface area contributed by atoms with Crippen molar-refractivity contribution in [3.05, 3.63) is 29.8 Å². The molecule has 108 valence electrons. The molecule has 0 radical (unpaired) electrons. The van der Waals surface area contributed by atoms with Gasteiger partial charge in [-0.15, -0.1) is 0 Å². The molecule has 1 saturated heterocycles. The van der Waals surface area contributed by atoms with Crippen molar-refractivity contribution in [2.24, 2.45) is 5.41 Å². The maximum absolute atomic E-state index is 12.5. The van der Waals surface area contributed by atoms with E-state index in [1.165, 1.54) is 0 Å². The molecule has 0 aliphatic carbocycles. The number of piperidine rings is 1. The fraction of sp³-hybridized carbons (Fsp3) is 0.533. The summed E-state index contributed by atoms with van der Waals surface area (Å²) >= 11 is 0. The van der Waals surface area contributed by atoms with Crippen molar-refractivity contribution in [1.29, 1.82) is 5.26 Å². The van der Waals surface area contributed by atoms with Crippen molar-refractivity contribution >= 4 is 10.0 Å². The molecule has 0 unspecified atom stereocenters. The van der Waals surface area contributed by atoms with E-state index in [-0.39, 0.29) is 5.41 Å². The zero-order chi connectivity index (χ0) is 14.8. The first-order chi connectivity index (χ1) is 9.35. The highest BCUT2D eigenvalue weighted by atomic mass is 32.2. The molecule has 0 aromatic heterocycles. The summed E-state index contributed by atoms with van der Waals surface area (Å²) in [4.78, 5) is 0.318. The Bertz CT molecular complexity index is 602. The lowest BCUT2D eigenvalue weighted by Crippen LogP contribution is -2.41. The number of sulfonamides is 1. The van der Waals surface area contributed by atoms with E-state index in [4.69, 9.17) is 5.26 Å². The molecule has 1 heterocycles. The second-order valence-electron chi connectivity index (χ2n) is 6.05. The van der Waals surface area contributed by atoms with E-state index < -0.39 is 10.0 Å². The van der Waals surface area contributed by atoms with Crippen molar-refractivity contribution in [2.45, 2.75) is 38.0 Å². The van der Waals surface area contributed by atoms with Gasteiger partial charge in [0.1, 0.15) is 0 Å². The topological polar surface area (TPSA) is 61.2 Å². The highest BCUT2D eigenvalue weighted by molar-refractivity contribution is 7.89. The van der Waals surface area contributed by atoms with Gasteiger partial charge in [0.15, 0.2) is 0 Å². The third kappa shape index (κ3) is 3.20. The van der Waals surface area contributed by atoms with Gasteiger partial charge in [0.2, 0.25) is 10.0 Å². The largest absolute Gasteiger partial charge is 0.243 e. The van der Waals surface area contributed by atoms with E-state index in [1.807, 2.05) is 0 Å². The molecule has 0 N–H and O–H groups in total. The molecule has 4 nitrogen and oxygen atoms in total. The molecule has 1 aromatic carbocycles. The van der Waals surface area contributed by atoms with Crippen LogP contribution in [0.3, 0.4) is 0 Å². The second kappa shape index (κ2) is 5.55. The van der Waals surface area contributed by atoms with Crippen LogP contribution in [0.2, 0.25) is 0 Å². The maximum Gasteiger partial charge on any atom is 0.243 e. The van der Waals surface area contributed by atoms with Crippen LogP contribution in [0.4, 0.5) is 0 Å². The summed E-state index contributed by atoms with van der Waals surface area (Å²) < 4.78 is 26.6. The highest BCUT2D eigenvalue weighted by Crippen LogP contribution is 2.32. The van der Waals surface area contributed by atoms with E-state index in [0.717, 1.165) is 18.4 Å². The lowest BCUT2D eigenvalue weighted by molar-refractivity contribution is 0.196. The van der Waals surface area contributed by atoms with Crippen LogP contribution in [-0.2, 0) is 16.4 Å². The molecule has 20 heavy (non-hydrogen) atoms. The number of hydrogen-bond acceptors (Lipinski definition) is 3. The van der Waals surface area contributed by atoms with Crippen molar-refractivity contribution in [2.75, 3.05) is 13.1 Å². The zero-order valence-corrected chi connectivity index (χ0v) is 12.8. The maximum atomic E-state index is 12.5. The Morgan fingerprint density at radius 2 is 1.75 bits per heavy atom. The standard InChI is InChI=1S/C15H20N2O2S/c1-15(2)8-11-17(12-9-15)20(18,19)14-5-3-13(4-6-14)7-10-16/h3-6H,7-9,11-12H2,1-2H3. The zero-order valence-electron chi connectivity index (χ0n) is 12.0. The summed E-state index contributed by atoms with van der Waals surface area (Å²) in [5, 5.41) is 8.63. The van der Waals surface area contributed by atoms with E-state index >= 15 is 0 Å². The summed E-state index contributed by atoms with van der Waals surface area (Å²) in [5.74, 6) is 0. The van der Waals surface area contributed by atoms with Gasteiger partial charge in [0.25, 0.3) is 0 Å². The van der Waals surface area contributed by atoms with Crippen LogP contribution in [0.25, 0.3) is 0 Å². The smallest absolute Gasteiger partial charge is 0.207 e. The average molecular weight is 292 g/mol. The third-order valence-corrected chi connectivity index (χ3v) is 5.83. The lowest BCUT2D eigenvalue weighted by atomic mass is 9.83. The highest BCUT2D eigenvalue weighted by Gasteiger charge is 2.32. The Labute approximate surface area is 121 Å². The van der Waals surface area contributed by atoms with Crippen LogP contribution in [0, 0.1) is 16.7 Å². The molecule has 0 bridgehead atoms. The van der Waals surface area contributed by atoms with E-state index in [0.29, 0.717) is 24.4 Å². The summed E-state index contributed by atoms with van der Waals surface area (Å²) in [6.07, 6.45) is 2.08. The van der Waals surface area contributed by atoms with Gasteiger partial charge >= 0.3 is 0 Å². The van der Waals surface area contributed by atoms with Crippen LogP contribution in [0.5, 0.6) is 0 Å². The fourth-order valence-electron chi connectivity index (χ4n) is 2.35. The van der Waals surface area contributed by atoms with Gasteiger partial charge in [0.05, 0.1) is 17.4 Å². The number of benzene rings is 1. The van der Waals surface area contributed by atoms with Gasteiger partial charge in [-0.2, -0.15) is 9.57 Å². The van der Waals surface area contributed by atoms with Crippen LogP contribution in [0.15, 0.2) is 29.2 Å². The van der Waals surface area contributed by atoms with Crippen LogP contribution in [-0.4, -0.2) is 25.8 Å². The van der Waals surface area contributed by atoms with Gasteiger partial charge in [0, 0.05) is 13.1 Å². The summed E-state index contributed by atoms with van der Waals surface area (Å²) in [5.41, 5.74) is 1.06. The minimum Gasteiger partial charge on any atom is -0.207 e. The van der Waals surface area contributed by atoms with Gasteiger partial charge in [-0.25, -0.2) is 8.42 Å². The molecule has 1 aliphatic rings. The van der Waals surface area contributed by atoms with Gasteiger partial charge in [-0.3, -0.25) is 0 Å². The molecule has 5 heteroatoms. The Morgan fingerprint density at radius 3 is 2.25 bits per heavy atom. The summed E-state index contributed by atoms with van der Waals surface area (Å²) in [7, 11) is -3.39. The molecule has 0 atom stereocenters. The first kappa shape index (κ1) is 15.0. The lowest BCUT2D eigenvalue weighted by Gasteiger charge is -2.36. The van der Waals surface area contributed by atoms with Crippen molar-refractivity contribution in [1.82, 2.24) is 4.31 Å². The van der Waals surface area contributed by atoms with Crippen LogP contribution < -0.4 is 0 Å². The predicted molar refractivity (Wildman–Crippen MR) is 77.5 cm³/mol. The molecular formula is C15H20N2O2S. The minimum atomic E-state index is -3.39. The van der Waals surface area contributed by atoms with Crippen LogP contribution >= 0.6 is 0 Å². The van der Waals surface area contributed by atoms with Crippen molar-refractivity contribution in [3.8, 4) is 6.07 Å². The molecule has 0 amide bonds. The average Bonchev–Trinajstić information content (AvgIpc) is 2.39. The SMILES string of the molecule is CC1(C)CCN(S(=O)(=O)c2ccc(CC#N)cc2)CC1. The summed E-state index contributed by atoms with van der Waals surface area (Å²) in [6, 6.07) is 8.68. The third-order valence-electron chi connectivity index (χ3n) is 3.92. The minimum absolute atomic E-state index is 0.225. The molecular weight excluding hydrogens is 272 g/mol. The quantitative estimate of drug-likeness (QED) is 0.860. The molecule has 2 rings (SSSR count). The molecule has 0 saturated carbocycles. The van der Waals surface area contributed by atoms with Gasteiger partial charge in [-0.1, -0.05) is 26.0 Å². The van der Waals surface area contributed by atoms with Crippen molar-refractivity contribution in [3.63, 3.8) is 0 Å². The van der Waals surface area contributed by atoms with E-state index in [9.17, 15) is 8.42 Å². The molecule has 1 fully saturated rings. The van der Waals surface area contributed by atoms with Gasteiger partial charge < -0.3 is 0 Å². The Kier molecular flexibility index (Phi) is 4.17. The monoisotopic (exact) mass is 292 g/mol. The van der Waals surface area contributed by atoms with Crippen LogP contribution in [0.1, 0.15) is 32.3 Å². The number of rotatable bonds is 3. The predicted octanol–water partition coefficient (Wildman–Crippen LogP) is 2.56. The first-order valence-electron chi connectivity index (χ1n) is 6.81. The van der Waals surface area contributed by atoms with Crippen molar-refractivity contribution < 1.29 is 8.42 Å². The van der Waals surface area contributed by atoms with E-state index in [1.54, 1.807) is 28.6 Å². The normalized spacial score (nSPS) is 19.4. The molecule has 1 aliphatic heterocycles. The van der Waals surface area contributed by atoms with Gasteiger partial charge in [-0.05, 0) is 36.0 Å². The molecule has 1 aromatic rings. The number of nitrogens with zero attached hydrogens (tertiary/aromatic N) is 2. The summed E-state index contributed by atoms with van der Waals surface area (Å²) in [6.45, 7) is 5.51. The Hall–Kier alpha value is -1.38. The fourth-order valence-corrected chi connectivity index (χ4v) is 3.79. The number of nitriles is 1. The second-order valence-corrected chi connectivity index (χ2v) is 7.99. The Balaban J connectivity index is 2.17. The Morgan fingerprint density at radius 1 is 1.20 bits per heavy atom. The van der Waals surface area contributed by atoms with E-state index in [2.05, 4.69) is 19.9 Å². The first-order valence-corrected chi connectivity index (χ1v) is 8.25.